The zero-order valence-corrected chi connectivity index (χ0v) is 11.2. The summed E-state index contributed by atoms with van der Waals surface area (Å²) in [6, 6.07) is 4.55. The Hall–Kier alpha value is -1.55. The van der Waals surface area contributed by atoms with Gasteiger partial charge in [0.1, 0.15) is 0 Å². The molecule has 7 heteroatoms. The molecule has 0 bridgehead atoms. The number of benzene rings is 1. The Morgan fingerprint density at radius 2 is 2.11 bits per heavy atom. The molecule has 0 amide bonds. The quantitative estimate of drug-likeness (QED) is 0.927. The van der Waals surface area contributed by atoms with Gasteiger partial charge in [0.15, 0.2) is 0 Å². The molecule has 0 aliphatic carbocycles. The molecule has 0 heterocycles. The molecule has 0 fully saturated rings. The third kappa shape index (κ3) is 4.56. The summed E-state index contributed by atoms with van der Waals surface area (Å²) in [5.74, 6) is 0.230. The van der Waals surface area contributed by atoms with E-state index in [1.165, 1.54) is 6.26 Å². The van der Waals surface area contributed by atoms with Crippen molar-refractivity contribution < 1.29 is 17.4 Å². The summed E-state index contributed by atoms with van der Waals surface area (Å²) in [7, 11) is -1.11. The van der Waals surface area contributed by atoms with Crippen molar-refractivity contribution in [3.05, 3.63) is 29.3 Å². The summed E-state index contributed by atoms with van der Waals surface area (Å²) in [5.41, 5.74) is -0.856. The Bertz CT molecular complexity index is 523. The molecule has 0 saturated heterocycles. The highest BCUT2D eigenvalue weighted by atomic mass is 32.2. The largest absolute Gasteiger partial charge is 0.418 e. The second-order valence-corrected chi connectivity index (χ2v) is 5.63. The molecule has 1 rings (SSSR count). The van der Waals surface area contributed by atoms with E-state index in [0.29, 0.717) is 0 Å². The van der Waals surface area contributed by atoms with E-state index in [1.807, 2.05) is 0 Å². The first-order valence-corrected chi connectivity index (χ1v) is 7.14. The van der Waals surface area contributed by atoms with E-state index in [4.69, 9.17) is 5.26 Å². The fraction of sp³-hybridized carbons (Fsp3) is 0.417. The normalized spacial score (nSPS) is 14.5. The van der Waals surface area contributed by atoms with E-state index < -0.39 is 22.5 Å². The van der Waals surface area contributed by atoms with Crippen LogP contribution in [0.4, 0.5) is 18.9 Å². The van der Waals surface area contributed by atoms with Gasteiger partial charge in [-0.15, -0.1) is 0 Å². The molecule has 1 N–H and O–H groups in total. The minimum atomic E-state index is -4.50. The molecule has 1 aromatic carbocycles. The van der Waals surface area contributed by atoms with Gasteiger partial charge in [0.05, 0.1) is 17.2 Å². The van der Waals surface area contributed by atoms with E-state index >= 15 is 0 Å². The van der Waals surface area contributed by atoms with Gasteiger partial charge in [0, 0.05) is 34.5 Å². The summed E-state index contributed by atoms with van der Waals surface area (Å²) in [4.78, 5) is 0. The molecular weight excluding hydrogens is 277 g/mol. The lowest BCUT2D eigenvalue weighted by Crippen LogP contribution is -2.24. The Kier molecular flexibility index (Phi) is 4.95. The molecule has 0 aromatic heterocycles. The highest BCUT2D eigenvalue weighted by molar-refractivity contribution is 7.84. The summed E-state index contributed by atoms with van der Waals surface area (Å²) in [6.45, 7) is 1.64. The summed E-state index contributed by atoms with van der Waals surface area (Å²) < 4.78 is 49.5. The molecule has 2 atom stereocenters. The predicted molar refractivity (Wildman–Crippen MR) is 68.2 cm³/mol. The van der Waals surface area contributed by atoms with E-state index in [2.05, 4.69) is 5.32 Å². The number of hydrogen-bond acceptors (Lipinski definition) is 3. The summed E-state index contributed by atoms with van der Waals surface area (Å²) in [5, 5.41) is 11.4. The Morgan fingerprint density at radius 3 is 2.58 bits per heavy atom. The first-order chi connectivity index (χ1) is 8.74. The third-order valence-corrected chi connectivity index (χ3v) is 3.31. The fourth-order valence-electron chi connectivity index (χ4n) is 1.64. The monoisotopic (exact) mass is 290 g/mol. The Morgan fingerprint density at radius 1 is 1.47 bits per heavy atom. The number of nitrogens with one attached hydrogen (secondary N) is 1. The van der Waals surface area contributed by atoms with Crippen molar-refractivity contribution in [2.24, 2.45) is 0 Å². The lowest BCUT2D eigenvalue weighted by molar-refractivity contribution is -0.137. The van der Waals surface area contributed by atoms with Gasteiger partial charge in [0.25, 0.3) is 0 Å². The van der Waals surface area contributed by atoms with Crippen LogP contribution >= 0.6 is 0 Å². The number of nitrogens with zero attached hydrogens (tertiary/aromatic N) is 1. The van der Waals surface area contributed by atoms with Gasteiger partial charge in [-0.25, -0.2) is 0 Å². The zero-order valence-electron chi connectivity index (χ0n) is 10.4. The highest BCUT2D eigenvalue weighted by Crippen LogP contribution is 2.35. The van der Waals surface area contributed by atoms with Gasteiger partial charge in [0.2, 0.25) is 0 Å². The topological polar surface area (TPSA) is 52.9 Å². The number of hydrogen-bond donors (Lipinski definition) is 1. The van der Waals surface area contributed by atoms with Crippen LogP contribution < -0.4 is 5.32 Å². The maximum absolute atomic E-state index is 12.8. The van der Waals surface area contributed by atoms with Gasteiger partial charge in [-0.3, -0.25) is 4.21 Å². The van der Waals surface area contributed by atoms with Crippen LogP contribution in [0, 0.1) is 11.3 Å². The van der Waals surface area contributed by atoms with Crippen molar-refractivity contribution in [3.8, 4) is 6.07 Å². The number of rotatable bonds is 4. The number of alkyl halides is 3. The van der Waals surface area contributed by atoms with Crippen LogP contribution in [0.5, 0.6) is 0 Å². The summed E-state index contributed by atoms with van der Waals surface area (Å²) in [6.07, 6.45) is -3.02. The van der Waals surface area contributed by atoms with Crippen LogP contribution in [0.25, 0.3) is 0 Å². The summed E-state index contributed by atoms with van der Waals surface area (Å²) >= 11 is 0. The Balaban J connectivity index is 3.09. The standard InChI is InChI=1S/C12H13F3N2OS/c1-8(7-19(2)18)17-11-5-9(6-16)3-4-10(11)12(13,14)15/h3-5,8,17H,7H2,1-2H3. The van der Waals surface area contributed by atoms with Gasteiger partial charge in [-0.1, -0.05) is 0 Å². The van der Waals surface area contributed by atoms with Crippen molar-refractivity contribution in [1.29, 1.82) is 5.26 Å². The van der Waals surface area contributed by atoms with E-state index in [0.717, 1.165) is 18.2 Å². The molecule has 2 unspecified atom stereocenters. The van der Waals surface area contributed by atoms with Crippen LogP contribution in [-0.2, 0) is 17.0 Å². The van der Waals surface area contributed by atoms with Gasteiger partial charge in [-0.05, 0) is 25.1 Å². The molecule has 104 valence electrons. The second kappa shape index (κ2) is 6.06. The first-order valence-electron chi connectivity index (χ1n) is 5.42. The molecule has 0 aliphatic heterocycles. The van der Waals surface area contributed by atoms with Gasteiger partial charge < -0.3 is 5.32 Å². The van der Waals surface area contributed by atoms with Gasteiger partial charge in [-0.2, -0.15) is 18.4 Å². The molecule has 19 heavy (non-hydrogen) atoms. The van der Waals surface area contributed by atoms with E-state index in [1.54, 1.807) is 13.0 Å². The molecule has 0 radical (unpaired) electrons. The maximum Gasteiger partial charge on any atom is 0.418 e. The zero-order chi connectivity index (χ0) is 14.6. The fourth-order valence-corrected chi connectivity index (χ4v) is 2.43. The number of anilines is 1. The maximum atomic E-state index is 12.8. The van der Waals surface area contributed by atoms with Crippen LogP contribution in [0.15, 0.2) is 18.2 Å². The molecule has 0 aliphatic rings. The highest BCUT2D eigenvalue weighted by Gasteiger charge is 2.33. The van der Waals surface area contributed by atoms with Crippen molar-refractivity contribution >= 4 is 16.5 Å². The second-order valence-electron chi connectivity index (χ2n) is 4.16. The average molecular weight is 290 g/mol. The predicted octanol–water partition coefficient (Wildman–Crippen LogP) is 2.76. The van der Waals surface area contributed by atoms with Crippen LogP contribution in [-0.4, -0.2) is 22.3 Å². The first kappa shape index (κ1) is 15.5. The minimum absolute atomic E-state index is 0.139. The molecule has 0 saturated carbocycles. The van der Waals surface area contributed by atoms with Gasteiger partial charge >= 0.3 is 6.18 Å². The SMILES string of the molecule is CC(CS(C)=O)Nc1cc(C#N)ccc1C(F)(F)F. The number of halogens is 3. The van der Waals surface area contributed by atoms with Crippen LogP contribution in [0.2, 0.25) is 0 Å². The lowest BCUT2D eigenvalue weighted by atomic mass is 10.1. The van der Waals surface area contributed by atoms with E-state index in [-0.39, 0.29) is 23.0 Å². The van der Waals surface area contributed by atoms with Crippen LogP contribution in [0.3, 0.4) is 0 Å². The molecule has 3 nitrogen and oxygen atoms in total. The van der Waals surface area contributed by atoms with E-state index in [9.17, 15) is 17.4 Å². The van der Waals surface area contributed by atoms with Crippen molar-refractivity contribution in [2.75, 3.05) is 17.3 Å². The van der Waals surface area contributed by atoms with Crippen molar-refractivity contribution in [2.45, 2.75) is 19.1 Å². The molecular formula is C12H13F3N2OS. The lowest BCUT2D eigenvalue weighted by Gasteiger charge is -2.19. The Labute approximate surface area is 111 Å². The molecule has 0 spiro atoms. The third-order valence-electron chi connectivity index (χ3n) is 2.34. The van der Waals surface area contributed by atoms with Crippen molar-refractivity contribution in [1.82, 2.24) is 0 Å². The average Bonchev–Trinajstić information content (AvgIpc) is 2.25. The minimum Gasteiger partial charge on any atom is -0.381 e. The smallest absolute Gasteiger partial charge is 0.381 e. The number of nitriles is 1. The van der Waals surface area contributed by atoms with Crippen molar-refractivity contribution in [3.63, 3.8) is 0 Å². The van der Waals surface area contributed by atoms with Crippen LogP contribution in [0.1, 0.15) is 18.1 Å². The molecule has 1 aromatic rings.